The molecule has 4 heteroatoms. The number of rotatable bonds is 2. The second-order valence-corrected chi connectivity index (χ2v) is 5.46. The minimum absolute atomic E-state index is 0.0897. The van der Waals surface area contributed by atoms with Crippen molar-refractivity contribution in [2.24, 2.45) is 11.8 Å². The highest BCUT2D eigenvalue weighted by Gasteiger charge is 2.32. The second kappa shape index (κ2) is 3.57. The fourth-order valence-corrected chi connectivity index (χ4v) is 3.51. The molecular weight excluding hydrogens is 226 g/mol. The highest BCUT2D eigenvalue weighted by Crippen LogP contribution is 2.44. The Hall–Kier alpha value is -1.84. The molecule has 2 aliphatic rings. The first-order chi connectivity index (χ1) is 8.81. The van der Waals surface area contributed by atoms with E-state index < -0.39 is 0 Å². The Labute approximate surface area is 104 Å². The van der Waals surface area contributed by atoms with E-state index in [9.17, 15) is 4.79 Å². The molecule has 0 amide bonds. The molecule has 2 heterocycles. The van der Waals surface area contributed by atoms with Crippen molar-refractivity contribution < 1.29 is 0 Å². The molecule has 18 heavy (non-hydrogen) atoms. The van der Waals surface area contributed by atoms with E-state index in [4.69, 9.17) is 0 Å². The summed E-state index contributed by atoms with van der Waals surface area (Å²) in [4.78, 5) is 21.5. The first-order valence-electron chi connectivity index (χ1n) is 6.55. The zero-order valence-corrected chi connectivity index (χ0v) is 10.1. The smallest absolute Gasteiger partial charge is 0.275 e. The zero-order valence-electron chi connectivity index (χ0n) is 10.1. The highest BCUT2D eigenvalue weighted by atomic mass is 16.1. The molecular formula is C14H15N3O. The van der Waals surface area contributed by atoms with Gasteiger partial charge in [-0.2, -0.15) is 0 Å². The Balaban J connectivity index is 1.74. The van der Waals surface area contributed by atoms with Crippen LogP contribution in [0.15, 0.2) is 29.0 Å². The molecule has 1 fully saturated rings. The summed E-state index contributed by atoms with van der Waals surface area (Å²) in [5, 5.41) is 0. The van der Waals surface area contributed by atoms with Crippen molar-refractivity contribution in [2.75, 3.05) is 0 Å². The van der Waals surface area contributed by atoms with Crippen LogP contribution in [0.5, 0.6) is 0 Å². The third-order valence-electron chi connectivity index (χ3n) is 4.39. The van der Waals surface area contributed by atoms with Crippen LogP contribution in [0.4, 0.5) is 0 Å². The summed E-state index contributed by atoms with van der Waals surface area (Å²) in [6.07, 6.45) is 10.8. The van der Waals surface area contributed by atoms with Gasteiger partial charge in [-0.3, -0.25) is 4.79 Å². The van der Waals surface area contributed by atoms with Crippen LogP contribution in [0.3, 0.4) is 0 Å². The predicted molar refractivity (Wildman–Crippen MR) is 69.3 cm³/mol. The van der Waals surface area contributed by atoms with E-state index >= 15 is 0 Å². The third kappa shape index (κ3) is 1.38. The lowest BCUT2D eigenvalue weighted by Gasteiger charge is -2.12. The van der Waals surface area contributed by atoms with Crippen molar-refractivity contribution in [2.45, 2.75) is 25.7 Å². The maximum Gasteiger partial charge on any atom is 0.275 e. The van der Waals surface area contributed by atoms with Gasteiger partial charge in [-0.15, -0.1) is 0 Å². The number of aromatic amines is 2. The van der Waals surface area contributed by atoms with Gasteiger partial charge in [-0.25, -0.2) is 4.98 Å². The lowest BCUT2D eigenvalue weighted by Crippen LogP contribution is -2.06. The number of aromatic nitrogens is 3. The van der Waals surface area contributed by atoms with Crippen LogP contribution < -0.4 is 5.56 Å². The monoisotopic (exact) mass is 241 g/mol. The van der Waals surface area contributed by atoms with E-state index in [0.29, 0.717) is 5.52 Å². The normalized spacial score (nSPS) is 25.9. The van der Waals surface area contributed by atoms with E-state index in [1.54, 1.807) is 5.57 Å². The van der Waals surface area contributed by atoms with Gasteiger partial charge >= 0.3 is 0 Å². The van der Waals surface area contributed by atoms with Crippen LogP contribution in [0.1, 0.15) is 24.8 Å². The van der Waals surface area contributed by atoms with E-state index in [-0.39, 0.29) is 5.56 Å². The number of nitrogens with one attached hydrogen (secondary N) is 2. The number of H-pyrrole nitrogens is 2. The summed E-state index contributed by atoms with van der Waals surface area (Å²) < 4.78 is 0. The number of hydrogen-bond acceptors (Lipinski definition) is 2. The average Bonchev–Trinajstić information content (AvgIpc) is 3.05. The lowest BCUT2D eigenvalue weighted by molar-refractivity contribution is 0.641. The van der Waals surface area contributed by atoms with E-state index in [1.807, 2.05) is 6.20 Å². The molecule has 4 nitrogen and oxygen atoms in total. The minimum atomic E-state index is -0.0897. The van der Waals surface area contributed by atoms with Gasteiger partial charge in [0.25, 0.3) is 5.56 Å². The summed E-state index contributed by atoms with van der Waals surface area (Å²) >= 11 is 0. The van der Waals surface area contributed by atoms with Gasteiger partial charge in [0.05, 0.1) is 11.8 Å². The first-order valence-corrected chi connectivity index (χ1v) is 6.55. The Morgan fingerprint density at radius 3 is 3.06 bits per heavy atom. The summed E-state index contributed by atoms with van der Waals surface area (Å²) in [6.45, 7) is 0. The van der Waals surface area contributed by atoms with E-state index in [1.165, 1.54) is 25.6 Å². The molecule has 2 atom stereocenters. The van der Waals surface area contributed by atoms with Gasteiger partial charge in [-0.05, 0) is 37.5 Å². The van der Waals surface area contributed by atoms with Gasteiger partial charge in [0.2, 0.25) is 0 Å². The van der Waals surface area contributed by atoms with Crippen LogP contribution >= 0.6 is 0 Å². The molecule has 2 N–H and O–H groups in total. The molecule has 4 rings (SSSR count). The van der Waals surface area contributed by atoms with Gasteiger partial charge < -0.3 is 9.97 Å². The zero-order chi connectivity index (χ0) is 12.1. The standard InChI is InChI=1S/C14H15N3O/c18-14-13-12(16-7-17-14)11(6-15-13)5-10-4-8-1-2-9(10)3-8/h4,6-9,15H,1-3,5H2,(H,16,17,18). The molecule has 2 aromatic heterocycles. The molecule has 1 saturated carbocycles. The molecule has 2 aromatic rings. The maximum absolute atomic E-state index is 11.6. The quantitative estimate of drug-likeness (QED) is 0.791. The van der Waals surface area contributed by atoms with Gasteiger partial charge in [0.15, 0.2) is 0 Å². The largest absolute Gasteiger partial charge is 0.355 e. The fraction of sp³-hybridized carbons (Fsp3) is 0.429. The highest BCUT2D eigenvalue weighted by molar-refractivity contribution is 5.77. The van der Waals surface area contributed by atoms with Crippen molar-refractivity contribution in [3.8, 4) is 0 Å². The molecule has 0 spiro atoms. The van der Waals surface area contributed by atoms with Crippen molar-refractivity contribution in [1.29, 1.82) is 0 Å². The molecule has 0 aromatic carbocycles. The summed E-state index contributed by atoms with van der Waals surface area (Å²) in [5.41, 5.74) is 4.02. The Morgan fingerprint density at radius 1 is 1.33 bits per heavy atom. The Morgan fingerprint density at radius 2 is 2.28 bits per heavy atom. The van der Waals surface area contributed by atoms with Gasteiger partial charge in [0, 0.05) is 11.8 Å². The molecule has 0 aliphatic heterocycles. The molecule has 2 aliphatic carbocycles. The predicted octanol–water partition coefficient (Wildman–Crippen LogP) is 2.15. The molecule has 0 radical (unpaired) electrons. The van der Waals surface area contributed by atoms with Crippen LogP contribution in [0.25, 0.3) is 11.0 Å². The SMILES string of the molecule is O=c1[nH]cnc2c(CC3=CC4CCC3C4)c[nH]c12. The molecule has 2 bridgehead atoms. The van der Waals surface area contributed by atoms with Crippen LogP contribution in [-0.4, -0.2) is 15.0 Å². The Kier molecular flexibility index (Phi) is 2.01. The average molecular weight is 241 g/mol. The molecule has 2 unspecified atom stereocenters. The van der Waals surface area contributed by atoms with Crippen molar-refractivity contribution >= 4 is 11.0 Å². The van der Waals surface area contributed by atoms with Crippen LogP contribution in [0.2, 0.25) is 0 Å². The minimum Gasteiger partial charge on any atom is -0.355 e. The van der Waals surface area contributed by atoms with E-state index in [2.05, 4.69) is 21.0 Å². The summed E-state index contributed by atoms with van der Waals surface area (Å²) in [7, 11) is 0. The number of allylic oxidation sites excluding steroid dienone is 2. The topological polar surface area (TPSA) is 61.5 Å². The van der Waals surface area contributed by atoms with Gasteiger partial charge in [-0.1, -0.05) is 11.6 Å². The van der Waals surface area contributed by atoms with Crippen molar-refractivity contribution in [3.05, 3.63) is 40.1 Å². The first kappa shape index (κ1) is 10.1. The fourth-order valence-electron chi connectivity index (χ4n) is 3.51. The number of nitrogens with zero attached hydrogens (tertiary/aromatic N) is 1. The van der Waals surface area contributed by atoms with E-state index in [0.717, 1.165) is 29.3 Å². The number of fused-ring (bicyclic) bond motifs is 3. The number of hydrogen-bond donors (Lipinski definition) is 2. The van der Waals surface area contributed by atoms with Crippen LogP contribution in [0, 0.1) is 11.8 Å². The summed E-state index contributed by atoms with van der Waals surface area (Å²) in [6, 6.07) is 0. The summed E-state index contributed by atoms with van der Waals surface area (Å²) in [5.74, 6) is 1.59. The third-order valence-corrected chi connectivity index (χ3v) is 4.39. The second-order valence-electron chi connectivity index (χ2n) is 5.46. The Bertz CT molecular complexity index is 694. The molecule has 92 valence electrons. The van der Waals surface area contributed by atoms with Gasteiger partial charge in [0.1, 0.15) is 5.52 Å². The molecule has 0 saturated heterocycles. The van der Waals surface area contributed by atoms with Crippen molar-refractivity contribution in [1.82, 2.24) is 15.0 Å². The lowest BCUT2D eigenvalue weighted by atomic mass is 9.93. The van der Waals surface area contributed by atoms with Crippen LogP contribution in [-0.2, 0) is 6.42 Å². The maximum atomic E-state index is 11.6. The van der Waals surface area contributed by atoms with Crippen molar-refractivity contribution in [3.63, 3.8) is 0 Å².